The van der Waals surface area contributed by atoms with Gasteiger partial charge in [-0.2, -0.15) is 0 Å². The number of hydrogen-bond donors (Lipinski definition) is 0. The van der Waals surface area contributed by atoms with Crippen molar-refractivity contribution in [3.05, 3.63) is 259 Å². The zero-order valence-electron chi connectivity index (χ0n) is 35.4. The van der Waals surface area contributed by atoms with E-state index in [1.54, 1.807) is 0 Å². The van der Waals surface area contributed by atoms with Gasteiger partial charge in [0.05, 0.1) is 22.5 Å². The third-order valence-electron chi connectivity index (χ3n) is 14.3. The Morgan fingerprint density at radius 3 is 1.63 bits per heavy atom. The third kappa shape index (κ3) is 4.94. The minimum atomic E-state index is -0.486. The highest BCUT2D eigenvalue weighted by molar-refractivity contribution is 6.24. The van der Waals surface area contributed by atoms with Crippen molar-refractivity contribution in [2.75, 3.05) is 4.90 Å². The SMILES string of the molecule is c1ccc(-c2ccccc2N(c2cccc3c2-c2ccccc2C32c3ccccc3-c3ccccc32)c2cc3c(oc4cccc(-c5cccc6ccccc56)c43)c3ccccc23)cc1. The summed E-state index contributed by atoms with van der Waals surface area (Å²) in [6, 6.07) is 87.0. The summed E-state index contributed by atoms with van der Waals surface area (Å²) in [5.41, 5.74) is 19.6. The van der Waals surface area contributed by atoms with Crippen molar-refractivity contribution in [1.82, 2.24) is 0 Å². The molecule has 1 aromatic heterocycles. The van der Waals surface area contributed by atoms with Crippen LogP contribution in [0.25, 0.3) is 88.0 Å². The second-order valence-electron chi connectivity index (χ2n) is 17.4. The predicted molar refractivity (Wildman–Crippen MR) is 271 cm³/mol. The molecule has 0 amide bonds. The van der Waals surface area contributed by atoms with Crippen LogP contribution < -0.4 is 4.90 Å². The van der Waals surface area contributed by atoms with Crippen LogP contribution in [0, 0.1) is 0 Å². The lowest BCUT2D eigenvalue weighted by atomic mass is 9.70. The molecule has 11 aromatic carbocycles. The van der Waals surface area contributed by atoms with Gasteiger partial charge in [-0.25, -0.2) is 0 Å². The molecule has 2 heteroatoms. The molecule has 14 rings (SSSR count). The summed E-state index contributed by atoms with van der Waals surface area (Å²) < 4.78 is 7.01. The fourth-order valence-electron chi connectivity index (χ4n) is 11.7. The van der Waals surface area contributed by atoms with E-state index in [2.05, 4.69) is 241 Å². The molecule has 302 valence electrons. The average Bonchev–Trinajstić information content (AvgIpc) is 4.02. The number of benzene rings is 11. The van der Waals surface area contributed by atoms with Crippen molar-refractivity contribution in [3.63, 3.8) is 0 Å². The smallest absolute Gasteiger partial charge is 0.143 e. The number of nitrogens with zero attached hydrogens (tertiary/aromatic N) is 1. The summed E-state index contributed by atoms with van der Waals surface area (Å²) in [5, 5.41) is 6.83. The lowest BCUT2D eigenvalue weighted by Crippen LogP contribution is -2.26. The quantitative estimate of drug-likeness (QED) is 0.172. The van der Waals surface area contributed by atoms with E-state index < -0.39 is 5.41 Å². The molecule has 0 aliphatic heterocycles. The highest BCUT2D eigenvalue weighted by atomic mass is 16.3. The van der Waals surface area contributed by atoms with Crippen LogP contribution >= 0.6 is 0 Å². The molecule has 0 N–H and O–H groups in total. The van der Waals surface area contributed by atoms with E-state index in [1.165, 1.54) is 60.8 Å². The lowest BCUT2D eigenvalue weighted by Gasteiger charge is -2.33. The molecule has 1 spiro atoms. The van der Waals surface area contributed by atoms with Crippen molar-refractivity contribution in [3.8, 4) is 44.5 Å². The predicted octanol–water partition coefficient (Wildman–Crippen LogP) is 17.0. The Bertz CT molecular complexity index is 3860. The Kier molecular flexibility index (Phi) is 7.64. The Morgan fingerprint density at radius 2 is 0.846 bits per heavy atom. The second kappa shape index (κ2) is 13.8. The summed E-state index contributed by atoms with van der Waals surface area (Å²) in [7, 11) is 0. The normalized spacial score (nSPS) is 13.0. The molecule has 12 aromatic rings. The van der Waals surface area contributed by atoms with Crippen molar-refractivity contribution in [1.29, 1.82) is 0 Å². The molecular weight excluding hydrogens is 787 g/mol. The maximum absolute atomic E-state index is 7.01. The van der Waals surface area contributed by atoms with Gasteiger partial charge in [0, 0.05) is 32.7 Å². The summed E-state index contributed by atoms with van der Waals surface area (Å²) in [5.74, 6) is 0. The first-order valence-electron chi connectivity index (χ1n) is 22.5. The molecule has 0 fully saturated rings. The van der Waals surface area contributed by atoms with E-state index in [1.807, 2.05) is 0 Å². The zero-order valence-corrected chi connectivity index (χ0v) is 35.4. The van der Waals surface area contributed by atoms with Gasteiger partial charge in [0.1, 0.15) is 11.2 Å². The van der Waals surface area contributed by atoms with E-state index in [0.29, 0.717) is 0 Å². The molecule has 0 saturated carbocycles. The molecule has 1 heterocycles. The van der Waals surface area contributed by atoms with E-state index >= 15 is 0 Å². The number of hydrogen-bond acceptors (Lipinski definition) is 2. The molecule has 0 atom stereocenters. The molecule has 0 radical (unpaired) electrons. The van der Waals surface area contributed by atoms with Gasteiger partial charge in [0.15, 0.2) is 0 Å². The second-order valence-corrected chi connectivity index (χ2v) is 17.4. The summed E-state index contributed by atoms with van der Waals surface area (Å²) in [6.07, 6.45) is 0. The van der Waals surface area contributed by atoms with Crippen molar-refractivity contribution in [2.24, 2.45) is 0 Å². The monoisotopic (exact) mass is 825 g/mol. The molecule has 2 aliphatic rings. The Balaban J connectivity index is 1.13. The van der Waals surface area contributed by atoms with Crippen LogP contribution in [0.2, 0.25) is 0 Å². The van der Waals surface area contributed by atoms with Gasteiger partial charge < -0.3 is 9.32 Å². The Morgan fingerprint density at radius 1 is 0.323 bits per heavy atom. The minimum Gasteiger partial charge on any atom is -0.455 e. The van der Waals surface area contributed by atoms with Crippen molar-refractivity contribution >= 4 is 60.5 Å². The van der Waals surface area contributed by atoms with E-state index in [-0.39, 0.29) is 0 Å². The molecule has 2 aliphatic carbocycles. The third-order valence-corrected chi connectivity index (χ3v) is 14.3. The lowest BCUT2D eigenvalue weighted by molar-refractivity contribution is 0.673. The number of rotatable bonds is 5. The molecule has 0 bridgehead atoms. The standard InChI is InChI=1S/C63H39NO/c1-2-19-41(20-3-1)43-24-11-15-36-56(43)64(57-37-18-35-55-61(57)50-29-10-14-34-54(50)63(55)52-32-12-8-25-45(52)46-26-9-13-33-53(46)63)58-39-51-60-48(44-30-16-22-40-21-4-5-23-42(40)44)31-17-38-59(60)65-62(51)49-28-7-6-27-47(49)58/h1-39H. The Hall–Kier alpha value is -8.46. The van der Waals surface area contributed by atoms with Crippen LogP contribution in [0.1, 0.15) is 22.3 Å². The summed E-state index contributed by atoms with van der Waals surface area (Å²) in [6.45, 7) is 0. The van der Waals surface area contributed by atoms with Gasteiger partial charge in [-0.1, -0.05) is 212 Å². The molecular formula is C63H39NO. The van der Waals surface area contributed by atoms with Gasteiger partial charge in [0.2, 0.25) is 0 Å². The highest BCUT2D eigenvalue weighted by Crippen LogP contribution is 2.65. The Labute approximate surface area is 376 Å². The largest absolute Gasteiger partial charge is 0.455 e. The fourth-order valence-corrected chi connectivity index (χ4v) is 11.7. The van der Waals surface area contributed by atoms with Crippen LogP contribution in [-0.2, 0) is 5.41 Å². The van der Waals surface area contributed by atoms with Crippen LogP contribution in [0.15, 0.2) is 241 Å². The van der Waals surface area contributed by atoms with Gasteiger partial charge in [0.25, 0.3) is 0 Å². The van der Waals surface area contributed by atoms with Gasteiger partial charge in [-0.15, -0.1) is 0 Å². The van der Waals surface area contributed by atoms with Crippen molar-refractivity contribution in [2.45, 2.75) is 5.41 Å². The summed E-state index contributed by atoms with van der Waals surface area (Å²) >= 11 is 0. The van der Waals surface area contributed by atoms with Crippen LogP contribution in [0.5, 0.6) is 0 Å². The molecule has 0 saturated heterocycles. The maximum atomic E-state index is 7.01. The molecule has 0 unspecified atom stereocenters. The van der Waals surface area contributed by atoms with Crippen LogP contribution in [-0.4, -0.2) is 0 Å². The maximum Gasteiger partial charge on any atom is 0.143 e. The fraction of sp³-hybridized carbons (Fsp3) is 0.0159. The number of fused-ring (bicyclic) bond motifs is 16. The number of furan rings is 1. The minimum absolute atomic E-state index is 0.486. The van der Waals surface area contributed by atoms with Crippen LogP contribution in [0.3, 0.4) is 0 Å². The topological polar surface area (TPSA) is 16.4 Å². The van der Waals surface area contributed by atoms with Crippen molar-refractivity contribution < 1.29 is 4.42 Å². The number of para-hydroxylation sites is 1. The van der Waals surface area contributed by atoms with E-state index in [0.717, 1.165) is 66.5 Å². The van der Waals surface area contributed by atoms with Gasteiger partial charge >= 0.3 is 0 Å². The molecule has 2 nitrogen and oxygen atoms in total. The number of anilines is 3. The summed E-state index contributed by atoms with van der Waals surface area (Å²) in [4.78, 5) is 2.56. The van der Waals surface area contributed by atoms with Gasteiger partial charge in [-0.05, 0) is 90.7 Å². The molecule has 65 heavy (non-hydrogen) atoms. The van der Waals surface area contributed by atoms with Gasteiger partial charge in [-0.3, -0.25) is 0 Å². The first kappa shape index (κ1) is 36.1. The average molecular weight is 826 g/mol. The highest BCUT2D eigenvalue weighted by Gasteiger charge is 2.52. The van der Waals surface area contributed by atoms with E-state index in [9.17, 15) is 0 Å². The van der Waals surface area contributed by atoms with Crippen LogP contribution in [0.4, 0.5) is 17.1 Å². The van der Waals surface area contributed by atoms with E-state index in [4.69, 9.17) is 4.42 Å². The zero-order chi connectivity index (χ0) is 42.6. The first-order valence-corrected chi connectivity index (χ1v) is 22.5. The first-order chi connectivity index (χ1) is 32.3.